The Labute approximate surface area is 117 Å². The number of esters is 1. The first kappa shape index (κ1) is 14.1. The number of carbonyl (C=O) groups is 2. The van der Waals surface area contributed by atoms with E-state index in [9.17, 15) is 9.59 Å². The largest absolute Gasteiger partial charge is 0.469 e. The molecule has 2 aromatic rings. The Hall–Kier alpha value is -2.30. The number of H-pyrrole nitrogens is 1. The maximum absolute atomic E-state index is 12.0. The summed E-state index contributed by atoms with van der Waals surface area (Å²) in [5.74, 6) is -0.427. The third kappa shape index (κ3) is 3.38. The molecule has 5 heteroatoms. The quantitative estimate of drug-likeness (QED) is 0.648. The third-order valence-corrected chi connectivity index (χ3v) is 3.09. The Morgan fingerprint density at radius 1 is 1.30 bits per heavy atom. The molecule has 0 fully saturated rings. The van der Waals surface area contributed by atoms with Gasteiger partial charge in [-0.05, 0) is 31.0 Å². The number of aryl methyl sites for hydroxylation is 1. The summed E-state index contributed by atoms with van der Waals surface area (Å²) in [6, 6.07) is 7.82. The molecule has 1 amide bonds. The van der Waals surface area contributed by atoms with Gasteiger partial charge >= 0.3 is 5.97 Å². The zero-order valence-electron chi connectivity index (χ0n) is 11.7. The van der Waals surface area contributed by atoms with E-state index in [4.69, 9.17) is 0 Å². The summed E-state index contributed by atoms with van der Waals surface area (Å²) in [5.41, 5.74) is 2.62. The summed E-state index contributed by atoms with van der Waals surface area (Å²) < 4.78 is 4.54. The number of fused-ring (bicyclic) bond motifs is 1. The molecule has 1 aromatic heterocycles. The first-order valence-electron chi connectivity index (χ1n) is 6.54. The number of ether oxygens (including phenoxy) is 1. The minimum Gasteiger partial charge on any atom is -0.469 e. The fraction of sp³-hybridized carbons (Fsp3) is 0.333. The molecular formula is C15H18N2O3. The highest BCUT2D eigenvalue weighted by Gasteiger charge is 2.09. The number of amides is 1. The van der Waals surface area contributed by atoms with Crippen LogP contribution in [0.1, 0.15) is 28.9 Å². The van der Waals surface area contributed by atoms with Crippen LogP contribution < -0.4 is 5.32 Å². The number of carbonyl (C=O) groups excluding carboxylic acids is 2. The van der Waals surface area contributed by atoms with E-state index in [1.807, 2.05) is 31.2 Å². The topological polar surface area (TPSA) is 71.2 Å². The van der Waals surface area contributed by atoms with Crippen molar-refractivity contribution in [3.8, 4) is 0 Å². The molecule has 0 radical (unpaired) electrons. The van der Waals surface area contributed by atoms with Gasteiger partial charge in [0, 0.05) is 23.9 Å². The molecular weight excluding hydrogens is 256 g/mol. The van der Waals surface area contributed by atoms with Gasteiger partial charge in [0.2, 0.25) is 0 Å². The Bertz CT molecular complexity index is 631. The molecule has 0 saturated heterocycles. The average Bonchev–Trinajstić information content (AvgIpc) is 2.86. The molecule has 1 aromatic carbocycles. The lowest BCUT2D eigenvalue weighted by Crippen LogP contribution is -2.25. The molecule has 20 heavy (non-hydrogen) atoms. The number of aromatic nitrogens is 1. The zero-order chi connectivity index (χ0) is 14.5. The molecule has 106 valence electrons. The predicted molar refractivity (Wildman–Crippen MR) is 76.6 cm³/mol. The molecule has 0 unspecified atom stereocenters. The van der Waals surface area contributed by atoms with Crippen molar-refractivity contribution >= 4 is 22.8 Å². The molecule has 1 heterocycles. The summed E-state index contributed by atoms with van der Waals surface area (Å²) in [4.78, 5) is 26.0. The molecule has 0 saturated carbocycles. The van der Waals surface area contributed by atoms with E-state index in [0.29, 0.717) is 25.1 Å². The van der Waals surface area contributed by atoms with Crippen molar-refractivity contribution in [3.63, 3.8) is 0 Å². The Kier molecular flexibility index (Phi) is 4.40. The fourth-order valence-corrected chi connectivity index (χ4v) is 2.00. The molecule has 2 rings (SSSR count). The van der Waals surface area contributed by atoms with Gasteiger partial charge in [-0.25, -0.2) is 0 Å². The van der Waals surface area contributed by atoms with Gasteiger partial charge in [-0.2, -0.15) is 0 Å². The van der Waals surface area contributed by atoms with Gasteiger partial charge in [-0.1, -0.05) is 12.1 Å². The lowest BCUT2D eigenvalue weighted by molar-refractivity contribution is -0.140. The van der Waals surface area contributed by atoms with Crippen molar-refractivity contribution in [2.24, 2.45) is 0 Å². The molecule has 0 aliphatic heterocycles. The van der Waals surface area contributed by atoms with Crippen LogP contribution in [0.5, 0.6) is 0 Å². The van der Waals surface area contributed by atoms with Crippen LogP contribution in [0.2, 0.25) is 0 Å². The fourth-order valence-electron chi connectivity index (χ4n) is 2.00. The molecule has 5 nitrogen and oxygen atoms in total. The van der Waals surface area contributed by atoms with Crippen LogP contribution in [0.3, 0.4) is 0 Å². The highest BCUT2D eigenvalue weighted by molar-refractivity contribution is 5.98. The van der Waals surface area contributed by atoms with Gasteiger partial charge in [0.25, 0.3) is 5.91 Å². The van der Waals surface area contributed by atoms with Gasteiger partial charge in [0.15, 0.2) is 0 Å². The normalized spacial score (nSPS) is 10.5. The van der Waals surface area contributed by atoms with Crippen molar-refractivity contribution in [1.29, 1.82) is 0 Å². The van der Waals surface area contributed by atoms with Crippen LogP contribution in [0, 0.1) is 6.92 Å². The Balaban J connectivity index is 1.92. The number of hydrogen-bond donors (Lipinski definition) is 2. The number of nitrogens with one attached hydrogen (secondary N) is 2. The molecule has 0 aliphatic rings. The number of aromatic amines is 1. The molecule has 0 bridgehead atoms. The molecule has 0 aliphatic carbocycles. The first-order valence-corrected chi connectivity index (χ1v) is 6.54. The second kappa shape index (κ2) is 6.23. The van der Waals surface area contributed by atoms with Gasteiger partial charge in [0.05, 0.1) is 7.11 Å². The number of hydrogen-bond acceptors (Lipinski definition) is 3. The molecule has 0 atom stereocenters. The van der Waals surface area contributed by atoms with Gasteiger partial charge < -0.3 is 15.0 Å². The van der Waals surface area contributed by atoms with Crippen LogP contribution in [0.15, 0.2) is 24.3 Å². The standard InChI is InChI=1S/C15H18N2O3/c1-10-5-6-11-9-13(17-12(11)8-10)15(19)16-7-3-4-14(18)20-2/h5-6,8-9,17H,3-4,7H2,1-2H3,(H,16,19). The lowest BCUT2D eigenvalue weighted by atomic mass is 10.2. The van der Waals surface area contributed by atoms with E-state index >= 15 is 0 Å². The van der Waals surface area contributed by atoms with Gasteiger partial charge in [-0.15, -0.1) is 0 Å². The second-order valence-corrected chi connectivity index (χ2v) is 4.71. The van der Waals surface area contributed by atoms with Crippen molar-refractivity contribution in [1.82, 2.24) is 10.3 Å². The SMILES string of the molecule is COC(=O)CCCNC(=O)c1cc2ccc(C)cc2[nH]1. The van der Waals surface area contributed by atoms with Crippen LogP contribution in [0.25, 0.3) is 10.9 Å². The van der Waals surface area contributed by atoms with Gasteiger partial charge in [-0.3, -0.25) is 9.59 Å². The summed E-state index contributed by atoms with van der Waals surface area (Å²) in [6.45, 7) is 2.45. The average molecular weight is 274 g/mol. The zero-order valence-corrected chi connectivity index (χ0v) is 11.7. The predicted octanol–water partition coefficient (Wildman–Crippen LogP) is 2.16. The summed E-state index contributed by atoms with van der Waals surface area (Å²) in [6.07, 6.45) is 0.875. The van der Waals surface area contributed by atoms with E-state index in [2.05, 4.69) is 15.0 Å². The summed E-state index contributed by atoms with van der Waals surface area (Å²) in [7, 11) is 1.35. The maximum Gasteiger partial charge on any atom is 0.305 e. The smallest absolute Gasteiger partial charge is 0.305 e. The van der Waals surface area contributed by atoms with Crippen molar-refractivity contribution in [3.05, 3.63) is 35.5 Å². The Morgan fingerprint density at radius 2 is 2.10 bits per heavy atom. The highest BCUT2D eigenvalue weighted by Crippen LogP contribution is 2.16. The van der Waals surface area contributed by atoms with E-state index in [-0.39, 0.29) is 11.9 Å². The number of rotatable bonds is 5. The van der Waals surface area contributed by atoms with Crippen molar-refractivity contribution in [2.45, 2.75) is 19.8 Å². The summed E-state index contributed by atoms with van der Waals surface area (Å²) >= 11 is 0. The van der Waals surface area contributed by atoms with Crippen molar-refractivity contribution in [2.75, 3.05) is 13.7 Å². The monoisotopic (exact) mass is 274 g/mol. The number of methoxy groups -OCH3 is 1. The van der Waals surface area contributed by atoms with E-state index in [1.54, 1.807) is 0 Å². The number of benzene rings is 1. The van der Waals surface area contributed by atoms with Crippen LogP contribution in [0.4, 0.5) is 0 Å². The minimum absolute atomic E-state index is 0.163. The van der Waals surface area contributed by atoms with Crippen LogP contribution in [-0.2, 0) is 9.53 Å². The maximum atomic E-state index is 12.0. The molecule has 0 spiro atoms. The van der Waals surface area contributed by atoms with E-state index in [1.165, 1.54) is 7.11 Å². The minimum atomic E-state index is -0.264. The van der Waals surface area contributed by atoms with E-state index < -0.39 is 0 Å². The van der Waals surface area contributed by atoms with Crippen LogP contribution in [-0.4, -0.2) is 30.5 Å². The first-order chi connectivity index (χ1) is 9.60. The van der Waals surface area contributed by atoms with E-state index in [0.717, 1.165) is 16.5 Å². The van der Waals surface area contributed by atoms with Crippen molar-refractivity contribution < 1.29 is 14.3 Å². The highest BCUT2D eigenvalue weighted by atomic mass is 16.5. The third-order valence-electron chi connectivity index (χ3n) is 3.09. The Morgan fingerprint density at radius 3 is 2.85 bits per heavy atom. The van der Waals surface area contributed by atoms with Crippen LogP contribution >= 0.6 is 0 Å². The van der Waals surface area contributed by atoms with Gasteiger partial charge in [0.1, 0.15) is 5.69 Å². The summed E-state index contributed by atoms with van der Waals surface area (Å²) in [5, 5.41) is 3.79. The second-order valence-electron chi connectivity index (χ2n) is 4.71. The lowest BCUT2D eigenvalue weighted by Gasteiger charge is -2.02. The molecule has 2 N–H and O–H groups in total.